The quantitative estimate of drug-likeness (QED) is 0.679. The summed E-state index contributed by atoms with van der Waals surface area (Å²) in [6.07, 6.45) is 3.05. The molecule has 0 amide bonds. The molecule has 2 atom stereocenters. The molecule has 1 fully saturated rings. The average Bonchev–Trinajstić information content (AvgIpc) is 3.35. The zero-order chi connectivity index (χ0) is 19.7. The van der Waals surface area contributed by atoms with Crippen molar-refractivity contribution in [3.05, 3.63) is 58.9 Å². The lowest BCUT2D eigenvalue weighted by atomic mass is 10.2. The standard InChI is InChI=1S/C21H26N6O/c1-13-5-6-19(22-10-13)18-8-16(18)12-28-21-9-20(24-15(3)25-21)23-11-17-7-14(2)26-27(17)4/h5-7,9-10,16,18H,8,11-12H2,1-4H3,(H,23,24,25)/t16-,18+/m1/s1. The molecule has 28 heavy (non-hydrogen) atoms. The zero-order valence-electron chi connectivity index (χ0n) is 16.8. The SMILES string of the molecule is Cc1ccc([C@H]2C[C@@H]2COc2cc(NCc3cc(C)nn3C)nc(C)n2)nc1. The maximum Gasteiger partial charge on any atom is 0.218 e. The van der Waals surface area contributed by atoms with E-state index in [1.54, 1.807) is 0 Å². The van der Waals surface area contributed by atoms with Crippen LogP contribution in [0.2, 0.25) is 0 Å². The fourth-order valence-electron chi connectivity index (χ4n) is 3.40. The van der Waals surface area contributed by atoms with E-state index in [4.69, 9.17) is 4.74 Å². The Bertz CT molecular complexity index is 966. The summed E-state index contributed by atoms with van der Waals surface area (Å²) < 4.78 is 7.85. The van der Waals surface area contributed by atoms with Crippen LogP contribution in [0.3, 0.4) is 0 Å². The normalized spacial score (nSPS) is 18.1. The lowest BCUT2D eigenvalue weighted by Crippen LogP contribution is -2.09. The van der Waals surface area contributed by atoms with Gasteiger partial charge < -0.3 is 10.1 Å². The van der Waals surface area contributed by atoms with Crippen LogP contribution in [0.15, 0.2) is 30.5 Å². The lowest BCUT2D eigenvalue weighted by molar-refractivity contribution is 0.284. The highest BCUT2D eigenvalue weighted by molar-refractivity contribution is 5.39. The molecule has 0 saturated heterocycles. The summed E-state index contributed by atoms with van der Waals surface area (Å²) in [7, 11) is 1.94. The summed E-state index contributed by atoms with van der Waals surface area (Å²) >= 11 is 0. The van der Waals surface area contributed by atoms with Crippen molar-refractivity contribution in [2.75, 3.05) is 11.9 Å². The van der Waals surface area contributed by atoms with Gasteiger partial charge in [-0.05, 0) is 44.9 Å². The van der Waals surface area contributed by atoms with Crippen LogP contribution < -0.4 is 10.1 Å². The topological polar surface area (TPSA) is 77.8 Å². The number of hydrogen-bond donors (Lipinski definition) is 1. The van der Waals surface area contributed by atoms with Gasteiger partial charge in [0.1, 0.15) is 11.6 Å². The highest BCUT2D eigenvalue weighted by Crippen LogP contribution is 2.46. The molecule has 1 aliphatic carbocycles. The number of rotatable bonds is 7. The predicted molar refractivity (Wildman–Crippen MR) is 107 cm³/mol. The van der Waals surface area contributed by atoms with E-state index in [0.29, 0.717) is 36.7 Å². The van der Waals surface area contributed by atoms with Crippen LogP contribution in [0.1, 0.15) is 40.8 Å². The van der Waals surface area contributed by atoms with Crippen LogP contribution in [0.5, 0.6) is 5.88 Å². The van der Waals surface area contributed by atoms with E-state index in [1.165, 1.54) is 5.56 Å². The van der Waals surface area contributed by atoms with Gasteiger partial charge in [-0.15, -0.1) is 0 Å². The molecule has 3 aromatic rings. The van der Waals surface area contributed by atoms with Crippen molar-refractivity contribution in [3.63, 3.8) is 0 Å². The van der Waals surface area contributed by atoms with Gasteiger partial charge in [-0.2, -0.15) is 10.1 Å². The molecule has 146 valence electrons. The fourth-order valence-corrected chi connectivity index (χ4v) is 3.40. The molecule has 0 aromatic carbocycles. The maximum atomic E-state index is 5.97. The Morgan fingerprint density at radius 2 is 2.04 bits per heavy atom. The van der Waals surface area contributed by atoms with Gasteiger partial charge in [-0.25, -0.2) is 4.98 Å². The Kier molecular flexibility index (Phi) is 4.98. The van der Waals surface area contributed by atoms with Crippen molar-refractivity contribution in [2.45, 2.75) is 39.7 Å². The van der Waals surface area contributed by atoms with E-state index in [9.17, 15) is 0 Å². The number of aryl methyl sites for hydroxylation is 4. The number of hydrogen-bond acceptors (Lipinski definition) is 6. The largest absolute Gasteiger partial charge is 0.477 e. The second kappa shape index (κ2) is 7.58. The van der Waals surface area contributed by atoms with Gasteiger partial charge >= 0.3 is 0 Å². The Labute approximate surface area is 165 Å². The Hall–Kier alpha value is -2.96. The summed E-state index contributed by atoms with van der Waals surface area (Å²) in [4.78, 5) is 13.4. The number of nitrogens with one attached hydrogen (secondary N) is 1. The third-order valence-corrected chi connectivity index (χ3v) is 5.05. The van der Waals surface area contributed by atoms with E-state index in [1.807, 2.05) is 37.8 Å². The second-order valence-corrected chi connectivity index (χ2v) is 7.57. The number of aromatic nitrogens is 5. The first kappa shape index (κ1) is 18.4. The van der Waals surface area contributed by atoms with Crippen LogP contribution in [0.4, 0.5) is 5.82 Å². The summed E-state index contributed by atoms with van der Waals surface area (Å²) in [5.41, 5.74) is 4.45. The molecule has 1 N–H and O–H groups in total. The molecule has 0 bridgehead atoms. The Balaban J connectivity index is 1.34. The first-order valence-corrected chi connectivity index (χ1v) is 9.62. The van der Waals surface area contributed by atoms with Gasteiger partial charge in [-0.1, -0.05) is 6.07 Å². The molecule has 7 heteroatoms. The first-order valence-electron chi connectivity index (χ1n) is 9.62. The summed E-state index contributed by atoms with van der Waals surface area (Å²) in [5.74, 6) is 3.05. The highest BCUT2D eigenvalue weighted by atomic mass is 16.5. The third-order valence-electron chi connectivity index (χ3n) is 5.05. The van der Waals surface area contributed by atoms with Crippen LogP contribution in [-0.4, -0.2) is 31.3 Å². The van der Waals surface area contributed by atoms with Crippen LogP contribution in [0, 0.1) is 26.7 Å². The van der Waals surface area contributed by atoms with Crippen molar-refractivity contribution in [1.29, 1.82) is 0 Å². The van der Waals surface area contributed by atoms with Crippen LogP contribution in [0.25, 0.3) is 0 Å². The number of anilines is 1. The summed E-state index contributed by atoms with van der Waals surface area (Å²) in [5, 5.41) is 7.70. The smallest absolute Gasteiger partial charge is 0.218 e. The van der Waals surface area contributed by atoms with Crippen molar-refractivity contribution < 1.29 is 4.74 Å². The summed E-state index contributed by atoms with van der Waals surface area (Å²) in [6, 6.07) is 8.16. The lowest BCUT2D eigenvalue weighted by Gasteiger charge is -2.10. The molecule has 0 unspecified atom stereocenters. The Morgan fingerprint density at radius 1 is 1.18 bits per heavy atom. The summed E-state index contributed by atoms with van der Waals surface area (Å²) in [6.45, 7) is 7.22. The third kappa shape index (κ3) is 4.30. The van der Waals surface area contributed by atoms with E-state index in [-0.39, 0.29) is 0 Å². The van der Waals surface area contributed by atoms with E-state index in [0.717, 1.165) is 29.3 Å². The van der Waals surface area contributed by atoms with E-state index >= 15 is 0 Å². The van der Waals surface area contributed by atoms with E-state index in [2.05, 4.69) is 50.5 Å². The molecule has 3 heterocycles. The predicted octanol–water partition coefficient (Wildman–Crippen LogP) is 3.32. The van der Waals surface area contributed by atoms with Gasteiger partial charge in [-0.3, -0.25) is 9.67 Å². The minimum atomic E-state index is 0.495. The van der Waals surface area contributed by atoms with Gasteiger partial charge in [0.15, 0.2) is 0 Å². The van der Waals surface area contributed by atoms with Gasteiger partial charge in [0.05, 0.1) is 24.5 Å². The first-order chi connectivity index (χ1) is 13.5. The second-order valence-electron chi connectivity index (χ2n) is 7.57. The molecule has 1 aliphatic rings. The maximum absolute atomic E-state index is 5.97. The minimum absolute atomic E-state index is 0.495. The van der Waals surface area contributed by atoms with Gasteiger partial charge in [0.2, 0.25) is 5.88 Å². The molecule has 0 spiro atoms. The monoisotopic (exact) mass is 378 g/mol. The molecular weight excluding hydrogens is 352 g/mol. The van der Waals surface area contributed by atoms with Gasteiger partial charge in [0.25, 0.3) is 0 Å². The van der Waals surface area contributed by atoms with Crippen molar-refractivity contribution in [3.8, 4) is 5.88 Å². The molecule has 4 rings (SSSR count). The van der Waals surface area contributed by atoms with Crippen molar-refractivity contribution in [1.82, 2.24) is 24.7 Å². The van der Waals surface area contributed by atoms with Crippen LogP contribution in [-0.2, 0) is 13.6 Å². The van der Waals surface area contributed by atoms with Gasteiger partial charge in [0, 0.05) is 36.8 Å². The number of pyridine rings is 1. The molecule has 3 aromatic heterocycles. The van der Waals surface area contributed by atoms with Crippen molar-refractivity contribution >= 4 is 5.82 Å². The average molecular weight is 378 g/mol. The van der Waals surface area contributed by atoms with Crippen LogP contribution >= 0.6 is 0 Å². The molecule has 0 aliphatic heterocycles. The number of nitrogens with zero attached hydrogens (tertiary/aromatic N) is 5. The minimum Gasteiger partial charge on any atom is -0.477 e. The van der Waals surface area contributed by atoms with Crippen molar-refractivity contribution in [2.24, 2.45) is 13.0 Å². The Morgan fingerprint density at radius 3 is 2.75 bits per heavy atom. The molecule has 0 radical (unpaired) electrons. The highest BCUT2D eigenvalue weighted by Gasteiger charge is 2.40. The zero-order valence-corrected chi connectivity index (χ0v) is 16.8. The number of ether oxygens (including phenoxy) is 1. The fraction of sp³-hybridized carbons (Fsp3) is 0.429. The molecule has 1 saturated carbocycles. The van der Waals surface area contributed by atoms with E-state index < -0.39 is 0 Å². The molecular formula is C21H26N6O. The molecule has 7 nitrogen and oxygen atoms in total.